The maximum absolute atomic E-state index is 4.22. The zero-order valence-electron chi connectivity index (χ0n) is 19.7. The third-order valence-corrected chi connectivity index (χ3v) is 6.59. The van der Waals surface area contributed by atoms with Crippen LogP contribution < -0.4 is 15.6 Å². The Kier molecular flexibility index (Phi) is 6.08. The van der Waals surface area contributed by atoms with Crippen molar-refractivity contribution in [2.75, 3.05) is 35.8 Å². The van der Waals surface area contributed by atoms with E-state index in [0.717, 1.165) is 30.5 Å². The second kappa shape index (κ2) is 8.77. The molecule has 0 fully saturated rings. The van der Waals surface area contributed by atoms with E-state index in [2.05, 4.69) is 97.0 Å². The van der Waals surface area contributed by atoms with Gasteiger partial charge in [0.25, 0.3) is 0 Å². The Balaban J connectivity index is 1.55. The quantitative estimate of drug-likeness (QED) is 0.575. The van der Waals surface area contributed by atoms with Gasteiger partial charge in [-0.2, -0.15) is 4.79 Å². The fourth-order valence-electron chi connectivity index (χ4n) is 4.68. The number of aromatic nitrogens is 3. The predicted molar refractivity (Wildman–Crippen MR) is 131 cm³/mol. The fraction of sp³-hybridized carbons (Fsp3) is 0.520. The Morgan fingerprint density at radius 2 is 1.84 bits per heavy atom. The molecule has 0 bridgehead atoms. The summed E-state index contributed by atoms with van der Waals surface area (Å²) in [4.78, 5) is 4.32. The molecular formula is C25H36N6. The monoisotopic (exact) mass is 420 g/mol. The normalized spacial score (nSPS) is 17.5. The van der Waals surface area contributed by atoms with Crippen LogP contribution in [0.25, 0.3) is 11.0 Å². The smallest absolute Gasteiger partial charge is 0.115 e. The lowest BCUT2D eigenvalue weighted by Gasteiger charge is -2.32. The molecule has 1 aliphatic heterocycles. The van der Waals surface area contributed by atoms with Gasteiger partial charge >= 0.3 is 0 Å². The van der Waals surface area contributed by atoms with E-state index in [4.69, 9.17) is 0 Å². The first kappa shape index (κ1) is 21.5. The zero-order chi connectivity index (χ0) is 22.1. The lowest BCUT2D eigenvalue weighted by molar-refractivity contribution is 0.454. The average Bonchev–Trinajstić information content (AvgIpc) is 3.08. The van der Waals surface area contributed by atoms with E-state index in [-0.39, 0.29) is 0 Å². The van der Waals surface area contributed by atoms with Crippen molar-refractivity contribution in [1.29, 1.82) is 0 Å². The second-order valence-electron chi connectivity index (χ2n) is 9.53. The number of anilines is 2. The number of nitrogens with zero attached hydrogens (tertiary/aromatic N) is 4. The Bertz CT molecular complexity index is 1040. The summed E-state index contributed by atoms with van der Waals surface area (Å²) in [5.74, 6) is 1.56. The summed E-state index contributed by atoms with van der Waals surface area (Å²) in [5, 5.41) is 12.1. The first-order valence-corrected chi connectivity index (χ1v) is 11.5. The maximum atomic E-state index is 4.22. The minimum absolute atomic E-state index is 0.456. The van der Waals surface area contributed by atoms with Crippen molar-refractivity contribution in [3.63, 3.8) is 0 Å². The molecule has 2 aromatic carbocycles. The number of benzene rings is 2. The Morgan fingerprint density at radius 1 is 1.06 bits per heavy atom. The first-order valence-electron chi connectivity index (χ1n) is 11.5. The molecule has 2 unspecified atom stereocenters. The van der Waals surface area contributed by atoms with E-state index in [1.54, 1.807) is 4.79 Å². The fourth-order valence-corrected chi connectivity index (χ4v) is 4.68. The molecule has 0 amide bonds. The van der Waals surface area contributed by atoms with Crippen LogP contribution in [-0.4, -0.2) is 41.3 Å². The first-order chi connectivity index (χ1) is 14.9. The maximum Gasteiger partial charge on any atom is 0.115 e. The highest BCUT2D eigenvalue weighted by atomic mass is 15.6. The number of hydrogen-bond acceptors (Lipinski definition) is 5. The van der Waals surface area contributed by atoms with E-state index in [1.165, 1.54) is 22.5 Å². The van der Waals surface area contributed by atoms with Gasteiger partial charge in [0.05, 0.1) is 11.4 Å². The molecular weight excluding hydrogens is 384 g/mol. The van der Waals surface area contributed by atoms with E-state index in [0.29, 0.717) is 23.8 Å². The standard InChI is InChI=1S/C25H36N6/c1-16(2)20-7-9-22-24(12-20)30(17(3)4)15-19(14-27-22)11-18(5)21-8-10-23-25(13-21)31(26-6)29-28-23/h7-10,12-13,16-19,26-27H,11,14-15H2,1-6H3. The largest absolute Gasteiger partial charge is 0.383 e. The van der Waals surface area contributed by atoms with Gasteiger partial charge in [-0.15, -0.1) is 5.10 Å². The molecule has 4 rings (SSSR count). The summed E-state index contributed by atoms with van der Waals surface area (Å²) in [6, 6.07) is 13.9. The predicted octanol–water partition coefficient (Wildman–Crippen LogP) is 5.18. The average molecular weight is 421 g/mol. The van der Waals surface area contributed by atoms with Crippen molar-refractivity contribution in [2.45, 2.75) is 58.9 Å². The molecule has 0 radical (unpaired) electrons. The minimum Gasteiger partial charge on any atom is -0.383 e. The molecule has 2 N–H and O–H groups in total. The molecule has 3 aromatic rings. The molecule has 0 saturated carbocycles. The summed E-state index contributed by atoms with van der Waals surface area (Å²) in [7, 11) is 1.87. The molecule has 0 spiro atoms. The Hall–Kier alpha value is -2.76. The number of rotatable bonds is 6. The van der Waals surface area contributed by atoms with Crippen molar-refractivity contribution in [3.8, 4) is 0 Å². The van der Waals surface area contributed by atoms with Crippen LogP contribution in [0, 0.1) is 5.92 Å². The van der Waals surface area contributed by atoms with Gasteiger partial charge < -0.3 is 15.6 Å². The highest BCUT2D eigenvalue weighted by Crippen LogP contribution is 2.36. The summed E-state index contributed by atoms with van der Waals surface area (Å²) >= 11 is 0. The third-order valence-electron chi connectivity index (χ3n) is 6.59. The molecule has 1 aliphatic rings. The Morgan fingerprint density at radius 3 is 2.55 bits per heavy atom. The van der Waals surface area contributed by atoms with Gasteiger partial charge in [-0.25, -0.2) is 0 Å². The SMILES string of the molecule is CNn1nnc2ccc(C(C)CC3CNc4ccc(C(C)C)cc4N(C(C)C)C3)cc21. The molecule has 2 heterocycles. The molecule has 6 nitrogen and oxygen atoms in total. The molecule has 2 atom stereocenters. The number of fused-ring (bicyclic) bond motifs is 2. The van der Waals surface area contributed by atoms with Crippen LogP contribution in [0.2, 0.25) is 0 Å². The van der Waals surface area contributed by atoms with Crippen LogP contribution >= 0.6 is 0 Å². The third kappa shape index (κ3) is 4.34. The van der Waals surface area contributed by atoms with Crippen molar-refractivity contribution in [2.24, 2.45) is 5.92 Å². The number of nitrogens with one attached hydrogen (secondary N) is 2. The second-order valence-corrected chi connectivity index (χ2v) is 9.53. The van der Waals surface area contributed by atoms with Crippen molar-refractivity contribution in [3.05, 3.63) is 47.5 Å². The zero-order valence-corrected chi connectivity index (χ0v) is 19.7. The van der Waals surface area contributed by atoms with E-state index < -0.39 is 0 Å². The lowest BCUT2D eigenvalue weighted by Crippen LogP contribution is -2.36. The molecule has 31 heavy (non-hydrogen) atoms. The van der Waals surface area contributed by atoms with Crippen LogP contribution in [0.3, 0.4) is 0 Å². The van der Waals surface area contributed by atoms with Crippen LogP contribution in [0.4, 0.5) is 11.4 Å². The van der Waals surface area contributed by atoms with E-state index in [9.17, 15) is 0 Å². The Labute approximate surface area is 186 Å². The lowest BCUT2D eigenvalue weighted by atomic mass is 9.89. The molecule has 6 heteroatoms. The van der Waals surface area contributed by atoms with Gasteiger partial charge in [0, 0.05) is 26.2 Å². The van der Waals surface area contributed by atoms with Gasteiger partial charge in [0.2, 0.25) is 0 Å². The van der Waals surface area contributed by atoms with E-state index >= 15 is 0 Å². The summed E-state index contributed by atoms with van der Waals surface area (Å²) in [5.41, 5.74) is 10.4. The molecule has 1 aromatic heterocycles. The number of hydrogen-bond donors (Lipinski definition) is 2. The van der Waals surface area contributed by atoms with Crippen LogP contribution in [-0.2, 0) is 0 Å². The van der Waals surface area contributed by atoms with Crippen LogP contribution in [0.15, 0.2) is 36.4 Å². The highest BCUT2D eigenvalue weighted by molar-refractivity contribution is 5.75. The summed E-state index contributed by atoms with van der Waals surface area (Å²) < 4.78 is 0. The minimum atomic E-state index is 0.456. The van der Waals surface area contributed by atoms with Gasteiger partial charge in [0.15, 0.2) is 0 Å². The van der Waals surface area contributed by atoms with Gasteiger partial charge in [-0.05, 0) is 78.6 Å². The van der Waals surface area contributed by atoms with Crippen LogP contribution in [0.1, 0.15) is 64.0 Å². The molecule has 166 valence electrons. The van der Waals surface area contributed by atoms with Gasteiger partial charge in [0.1, 0.15) is 11.0 Å². The molecule has 0 aliphatic carbocycles. The van der Waals surface area contributed by atoms with Crippen molar-refractivity contribution < 1.29 is 0 Å². The van der Waals surface area contributed by atoms with Crippen molar-refractivity contribution in [1.82, 2.24) is 15.1 Å². The van der Waals surface area contributed by atoms with E-state index in [1.807, 2.05) is 7.05 Å². The van der Waals surface area contributed by atoms with Crippen LogP contribution in [0.5, 0.6) is 0 Å². The summed E-state index contributed by atoms with van der Waals surface area (Å²) in [6.07, 6.45) is 1.13. The topological polar surface area (TPSA) is 58.0 Å². The van der Waals surface area contributed by atoms with Gasteiger partial charge in [-0.3, -0.25) is 0 Å². The summed E-state index contributed by atoms with van der Waals surface area (Å²) in [6.45, 7) is 13.5. The van der Waals surface area contributed by atoms with Crippen molar-refractivity contribution >= 4 is 22.4 Å². The van der Waals surface area contributed by atoms with Gasteiger partial charge in [-0.1, -0.05) is 32.9 Å². The molecule has 0 saturated heterocycles. The highest BCUT2D eigenvalue weighted by Gasteiger charge is 2.26.